The van der Waals surface area contributed by atoms with Gasteiger partial charge < -0.3 is 19.3 Å². The van der Waals surface area contributed by atoms with E-state index in [2.05, 4.69) is 17.1 Å². The molecule has 0 N–H and O–H groups in total. The van der Waals surface area contributed by atoms with Gasteiger partial charge >= 0.3 is 0 Å². The van der Waals surface area contributed by atoms with Crippen LogP contribution in [0.2, 0.25) is 0 Å². The third kappa shape index (κ3) is 4.04. The molecule has 7 heteroatoms. The number of aromatic nitrogens is 1. The highest BCUT2D eigenvalue weighted by atomic mass is 16.5. The Kier molecular flexibility index (Phi) is 5.72. The first-order valence-corrected chi connectivity index (χ1v) is 11.3. The Hall–Kier alpha value is -3.45. The Morgan fingerprint density at radius 2 is 1.82 bits per heavy atom. The van der Waals surface area contributed by atoms with E-state index in [1.807, 2.05) is 40.1 Å². The van der Waals surface area contributed by atoms with Gasteiger partial charge in [0.2, 0.25) is 11.8 Å². The monoisotopic (exact) mass is 445 g/mol. The Balaban J connectivity index is 1.62. The number of carbonyl (C=O) groups excluding carboxylic acids is 2. The highest BCUT2D eigenvalue weighted by molar-refractivity contribution is 6.03. The Labute approximate surface area is 192 Å². The molecule has 2 aliphatic heterocycles. The fourth-order valence-corrected chi connectivity index (χ4v) is 4.74. The van der Waals surface area contributed by atoms with E-state index in [0.29, 0.717) is 50.8 Å². The molecule has 1 aromatic heterocycles. The average Bonchev–Trinajstić information content (AvgIpc) is 2.87. The van der Waals surface area contributed by atoms with Crippen LogP contribution in [0.1, 0.15) is 28.4 Å². The van der Waals surface area contributed by atoms with Crippen LogP contribution in [-0.2, 0) is 22.5 Å². The molecule has 0 bridgehead atoms. The molecule has 2 aromatic carbocycles. The van der Waals surface area contributed by atoms with Crippen molar-refractivity contribution in [3.8, 4) is 17.0 Å². The van der Waals surface area contributed by atoms with Crippen LogP contribution in [0.4, 0.5) is 0 Å². The van der Waals surface area contributed by atoms with E-state index in [4.69, 9.17) is 9.47 Å². The van der Waals surface area contributed by atoms with Crippen molar-refractivity contribution in [3.05, 3.63) is 59.2 Å². The number of ether oxygens (including phenoxy) is 2. The molecule has 7 nitrogen and oxygen atoms in total. The molecule has 0 spiro atoms. The van der Waals surface area contributed by atoms with Crippen molar-refractivity contribution in [2.24, 2.45) is 0 Å². The molecule has 5 rings (SSSR count). The highest BCUT2D eigenvalue weighted by Crippen LogP contribution is 2.36. The minimum absolute atomic E-state index is 0.00848. The molecule has 170 valence electrons. The summed E-state index contributed by atoms with van der Waals surface area (Å²) in [6, 6.07) is 13.8. The van der Waals surface area contributed by atoms with Crippen molar-refractivity contribution in [1.29, 1.82) is 0 Å². The molecule has 1 saturated heterocycles. The number of methoxy groups -OCH3 is 1. The van der Waals surface area contributed by atoms with E-state index >= 15 is 0 Å². The van der Waals surface area contributed by atoms with E-state index in [1.165, 1.54) is 5.56 Å². The standard InChI is InChI=1S/C26H27N3O4/c1-17(30)29-9-8-20-19(16-29)4-3-5-21(20)22-15-25(32-2)27-24-7-6-18(14-23(22)24)26(31)28-10-12-33-13-11-28/h3-7,14-15H,8-13,16H2,1-2H3. The number of fused-ring (bicyclic) bond motifs is 2. The maximum atomic E-state index is 13.1. The van der Waals surface area contributed by atoms with Gasteiger partial charge in [0.1, 0.15) is 0 Å². The van der Waals surface area contributed by atoms with Crippen molar-refractivity contribution in [3.63, 3.8) is 0 Å². The number of hydrogen-bond donors (Lipinski definition) is 0. The zero-order valence-corrected chi connectivity index (χ0v) is 19.0. The fraction of sp³-hybridized carbons (Fsp3) is 0.346. The van der Waals surface area contributed by atoms with Crippen LogP contribution >= 0.6 is 0 Å². The number of hydrogen-bond acceptors (Lipinski definition) is 5. The fourth-order valence-electron chi connectivity index (χ4n) is 4.74. The van der Waals surface area contributed by atoms with Crippen LogP contribution in [0, 0.1) is 0 Å². The molecule has 3 aromatic rings. The maximum Gasteiger partial charge on any atom is 0.254 e. The van der Waals surface area contributed by atoms with Crippen molar-refractivity contribution in [1.82, 2.24) is 14.8 Å². The van der Waals surface area contributed by atoms with Crippen molar-refractivity contribution < 1.29 is 19.1 Å². The largest absolute Gasteiger partial charge is 0.481 e. The quantitative estimate of drug-likeness (QED) is 0.619. The first kappa shape index (κ1) is 21.4. The summed E-state index contributed by atoms with van der Waals surface area (Å²) in [6.45, 7) is 5.25. The second kappa shape index (κ2) is 8.83. The van der Waals surface area contributed by atoms with Gasteiger partial charge in [0, 0.05) is 50.1 Å². The summed E-state index contributed by atoms with van der Waals surface area (Å²) in [4.78, 5) is 33.4. The third-order valence-corrected chi connectivity index (χ3v) is 6.54. The SMILES string of the molecule is COc1cc(-c2cccc3c2CCN(C(C)=O)C3)c2cc(C(=O)N3CCOCC3)ccc2n1. The van der Waals surface area contributed by atoms with Gasteiger partial charge in [0.15, 0.2) is 0 Å². The minimum atomic E-state index is 0.00848. The van der Waals surface area contributed by atoms with Crippen molar-refractivity contribution in [2.75, 3.05) is 40.0 Å². The molecule has 2 aliphatic rings. The van der Waals surface area contributed by atoms with Gasteiger partial charge in [-0.2, -0.15) is 0 Å². The summed E-state index contributed by atoms with van der Waals surface area (Å²) in [7, 11) is 1.61. The van der Waals surface area contributed by atoms with Gasteiger partial charge in [-0.25, -0.2) is 4.98 Å². The number of benzene rings is 2. The lowest BCUT2D eigenvalue weighted by atomic mass is 9.89. The predicted octanol–water partition coefficient (Wildman–Crippen LogP) is 3.29. The summed E-state index contributed by atoms with van der Waals surface area (Å²) in [5.41, 5.74) is 5.89. The van der Waals surface area contributed by atoms with Crippen LogP contribution in [0.15, 0.2) is 42.5 Å². The summed E-state index contributed by atoms with van der Waals surface area (Å²) in [5, 5.41) is 0.914. The highest BCUT2D eigenvalue weighted by Gasteiger charge is 2.23. The number of morpholine rings is 1. The molecular formula is C26H27N3O4. The second-order valence-corrected chi connectivity index (χ2v) is 8.48. The zero-order chi connectivity index (χ0) is 22.9. The number of pyridine rings is 1. The molecule has 0 aliphatic carbocycles. The Morgan fingerprint density at radius 3 is 2.58 bits per heavy atom. The van der Waals surface area contributed by atoms with E-state index < -0.39 is 0 Å². The second-order valence-electron chi connectivity index (χ2n) is 8.48. The molecule has 33 heavy (non-hydrogen) atoms. The Morgan fingerprint density at radius 1 is 1.00 bits per heavy atom. The molecule has 0 radical (unpaired) electrons. The normalized spacial score (nSPS) is 15.9. The lowest BCUT2D eigenvalue weighted by molar-refractivity contribution is -0.129. The topological polar surface area (TPSA) is 72.0 Å². The maximum absolute atomic E-state index is 13.1. The molecule has 0 unspecified atom stereocenters. The average molecular weight is 446 g/mol. The van der Waals surface area contributed by atoms with E-state index in [-0.39, 0.29) is 11.8 Å². The summed E-state index contributed by atoms with van der Waals surface area (Å²) >= 11 is 0. The number of nitrogens with zero attached hydrogens (tertiary/aromatic N) is 3. The van der Waals surface area contributed by atoms with Crippen molar-refractivity contribution >= 4 is 22.7 Å². The first-order chi connectivity index (χ1) is 16.0. The van der Waals surface area contributed by atoms with Gasteiger partial charge in [-0.1, -0.05) is 18.2 Å². The smallest absolute Gasteiger partial charge is 0.254 e. The molecule has 0 saturated carbocycles. The van der Waals surface area contributed by atoms with E-state index in [1.54, 1.807) is 14.0 Å². The van der Waals surface area contributed by atoms with E-state index in [0.717, 1.165) is 34.0 Å². The lowest BCUT2D eigenvalue weighted by Gasteiger charge is -2.29. The zero-order valence-electron chi connectivity index (χ0n) is 19.0. The van der Waals surface area contributed by atoms with Gasteiger partial charge in [-0.15, -0.1) is 0 Å². The van der Waals surface area contributed by atoms with Crippen LogP contribution < -0.4 is 4.74 Å². The van der Waals surface area contributed by atoms with Gasteiger partial charge in [-0.3, -0.25) is 9.59 Å². The molecule has 3 heterocycles. The number of amides is 2. The molecular weight excluding hydrogens is 418 g/mol. The van der Waals surface area contributed by atoms with Gasteiger partial charge in [-0.05, 0) is 46.9 Å². The number of rotatable bonds is 3. The van der Waals surface area contributed by atoms with Crippen LogP contribution in [0.5, 0.6) is 5.88 Å². The van der Waals surface area contributed by atoms with E-state index in [9.17, 15) is 9.59 Å². The molecule has 0 atom stereocenters. The van der Waals surface area contributed by atoms with Crippen LogP contribution in [0.3, 0.4) is 0 Å². The summed E-state index contributed by atoms with van der Waals surface area (Å²) in [5.74, 6) is 0.631. The summed E-state index contributed by atoms with van der Waals surface area (Å²) in [6.07, 6.45) is 0.781. The van der Waals surface area contributed by atoms with Gasteiger partial charge in [0.05, 0.1) is 25.8 Å². The lowest BCUT2D eigenvalue weighted by Crippen LogP contribution is -2.40. The first-order valence-electron chi connectivity index (χ1n) is 11.3. The predicted molar refractivity (Wildman–Crippen MR) is 125 cm³/mol. The van der Waals surface area contributed by atoms with Crippen LogP contribution in [0.25, 0.3) is 22.0 Å². The number of carbonyl (C=O) groups is 2. The summed E-state index contributed by atoms with van der Waals surface area (Å²) < 4.78 is 10.9. The Bertz CT molecular complexity index is 1230. The molecule has 1 fully saturated rings. The molecule has 2 amide bonds. The van der Waals surface area contributed by atoms with Gasteiger partial charge in [0.25, 0.3) is 5.91 Å². The van der Waals surface area contributed by atoms with Crippen LogP contribution in [-0.4, -0.2) is 66.6 Å². The van der Waals surface area contributed by atoms with Crippen molar-refractivity contribution in [2.45, 2.75) is 19.9 Å². The third-order valence-electron chi connectivity index (χ3n) is 6.54. The minimum Gasteiger partial charge on any atom is -0.481 e.